The Kier molecular flexibility index (Phi) is 2.93. The third-order valence-corrected chi connectivity index (χ3v) is 1.01. The van der Waals surface area contributed by atoms with E-state index in [1.165, 1.54) is 0 Å². The summed E-state index contributed by atoms with van der Waals surface area (Å²) in [5.74, 6) is 0. The van der Waals surface area contributed by atoms with Gasteiger partial charge in [-0.3, -0.25) is 0 Å². The van der Waals surface area contributed by atoms with Gasteiger partial charge in [0.1, 0.15) is 5.60 Å². The zero-order valence-corrected chi connectivity index (χ0v) is 6.39. The predicted molar refractivity (Wildman–Crippen MR) is 39.6 cm³/mol. The smallest absolute Gasteiger partial charge is 0.405 e. The SMILES string of the molecule is C=CCC(C)(C)OC(N)=O. The average molecular weight is 143 g/mol. The van der Waals surface area contributed by atoms with Crippen molar-refractivity contribution in [2.45, 2.75) is 25.9 Å². The number of hydrogen-bond donors (Lipinski definition) is 1. The first-order valence-electron chi connectivity index (χ1n) is 3.07. The van der Waals surface area contributed by atoms with Crippen molar-refractivity contribution in [3.8, 4) is 0 Å². The van der Waals surface area contributed by atoms with E-state index in [2.05, 4.69) is 6.58 Å². The van der Waals surface area contributed by atoms with Crippen molar-refractivity contribution in [1.82, 2.24) is 0 Å². The third-order valence-electron chi connectivity index (χ3n) is 1.01. The summed E-state index contributed by atoms with van der Waals surface area (Å²) in [6, 6.07) is 0. The van der Waals surface area contributed by atoms with Gasteiger partial charge in [-0.25, -0.2) is 4.79 Å². The van der Waals surface area contributed by atoms with Gasteiger partial charge in [-0.15, -0.1) is 6.58 Å². The first-order chi connectivity index (χ1) is 4.48. The molecule has 0 aliphatic carbocycles. The lowest BCUT2D eigenvalue weighted by molar-refractivity contribution is 0.0481. The van der Waals surface area contributed by atoms with Gasteiger partial charge in [0, 0.05) is 6.42 Å². The van der Waals surface area contributed by atoms with E-state index in [0.717, 1.165) is 0 Å². The molecule has 58 valence electrons. The lowest BCUT2D eigenvalue weighted by atomic mass is 10.1. The van der Waals surface area contributed by atoms with Crippen LogP contribution in [0, 0.1) is 0 Å². The highest BCUT2D eigenvalue weighted by Crippen LogP contribution is 2.13. The first kappa shape index (κ1) is 9.01. The highest BCUT2D eigenvalue weighted by atomic mass is 16.6. The van der Waals surface area contributed by atoms with Crippen molar-refractivity contribution in [1.29, 1.82) is 0 Å². The lowest BCUT2D eigenvalue weighted by Gasteiger charge is -2.21. The molecule has 3 nitrogen and oxygen atoms in total. The number of rotatable bonds is 3. The molecule has 0 heterocycles. The average Bonchev–Trinajstić information content (AvgIpc) is 1.59. The lowest BCUT2D eigenvalue weighted by Crippen LogP contribution is -2.30. The van der Waals surface area contributed by atoms with E-state index in [0.29, 0.717) is 6.42 Å². The molecule has 0 radical (unpaired) electrons. The Morgan fingerprint density at radius 1 is 1.80 bits per heavy atom. The second-order valence-electron chi connectivity index (χ2n) is 2.67. The number of primary amides is 1. The van der Waals surface area contributed by atoms with Gasteiger partial charge in [0.2, 0.25) is 0 Å². The van der Waals surface area contributed by atoms with Gasteiger partial charge in [-0.1, -0.05) is 6.08 Å². The molecule has 2 N–H and O–H groups in total. The molecule has 0 aromatic heterocycles. The molecule has 1 amide bonds. The third kappa shape index (κ3) is 3.95. The van der Waals surface area contributed by atoms with Crippen LogP contribution in [-0.2, 0) is 4.74 Å². The molecule has 0 atom stereocenters. The molecule has 0 rings (SSSR count). The molecule has 3 heteroatoms. The van der Waals surface area contributed by atoms with Crippen molar-refractivity contribution < 1.29 is 9.53 Å². The fourth-order valence-electron chi connectivity index (χ4n) is 0.662. The Labute approximate surface area is 60.9 Å². The summed E-state index contributed by atoms with van der Waals surface area (Å²) in [6.07, 6.45) is 1.55. The molecule has 0 aromatic rings. The van der Waals surface area contributed by atoms with Gasteiger partial charge in [-0.2, -0.15) is 0 Å². The monoisotopic (exact) mass is 143 g/mol. The molecule has 0 bridgehead atoms. The van der Waals surface area contributed by atoms with Gasteiger partial charge in [0.05, 0.1) is 0 Å². The Morgan fingerprint density at radius 2 is 2.30 bits per heavy atom. The minimum absolute atomic E-state index is 0.520. The molecule has 0 unspecified atom stereocenters. The normalized spacial score (nSPS) is 10.6. The maximum Gasteiger partial charge on any atom is 0.405 e. The maximum atomic E-state index is 10.3. The summed E-state index contributed by atoms with van der Waals surface area (Å²) in [4.78, 5) is 10.3. The van der Waals surface area contributed by atoms with E-state index in [-0.39, 0.29) is 0 Å². The van der Waals surface area contributed by atoms with Crippen LogP contribution in [-0.4, -0.2) is 11.7 Å². The topological polar surface area (TPSA) is 52.3 Å². The van der Waals surface area contributed by atoms with E-state index in [1.807, 2.05) is 0 Å². The van der Waals surface area contributed by atoms with Crippen LogP contribution in [0.1, 0.15) is 20.3 Å². The molecule has 0 aliphatic rings. The molecule has 0 spiro atoms. The van der Waals surface area contributed by atoms with Gasteiger partial charge < -0.3 is 10.5 Å². The van der Waals surface area contributed by atoms with Crippen molar-refractivity contribution in [2.24, 2.45) is 5.73 Å². The molecular weight excluding hydrogens is 130 g/mol. The number of carbonyl (C=O) groups is 1. The summed E-state index contributed by atoms with van der Waals surface area (Å²) >= 11 is 0. The van der Waals surface area contributed by atoms with Crippen molar-refractivity contribution >= 4 is 6.09 Å². The molecule has 0 saturated heterocycles. The second kappa shape index (κ2) is 3.25. The molecule has 0 saturated carbocycles. The Hall–Kier alpha value is -0.990. The first-order valence-corrected chi connectivity index (χ1v) is 3.07. The number of hydrogen-bond acceptors (Lipinski definition) is 2. The van der Waals surface area contributed by atoms with Crippen LogP contribution in [0.15, 0.2) is 12.7 Å². The van der Waals surface area contributed by atoms with E-state index < -0.39 is 11.7 Å². The zero-order chi connectivity index (χ0) is 8.20. The van der Waals surface area contributed by atoms with E-state index in [1.54, 1.807) is 19.9 Å². The molecule has 10 heavy (non-hydrogen) atoms. The van der Waals surface area contributed by atoms with Crippen molar-refractivity contribution in [3.63, 3.8) is 0 Å². The largest absolute Gasteiger partial charge is 0.443 e. The molecule has 0 fully saturated rings. The standard InChI is InChI=1S/C7H13NO2/c1-4-5-7(2,3)10-6(8)9/h4H,1,5H2,2-3H3,(H2,8,9). The van der Waals surface area contributed by atoms with Crippen LogP contribution < -0.4 is 5.73 Å². The van der Waals surface area contributed by atoms with Gasteiger partial charge in [-0.05, 0) is 13.8 Å². The minimum atomic E-state index is -0.744. The van der Waals surface area contributed by atoms with E-state index in [4.69, 9.17) is 10.5 Å². The second-order valence-corrected chi connectivity index (χ2v) is 2.67. The van der Waals surface area contributed by atoms with Crippen molar-refractivity contribution in [3.05, 3.63) is 12.7 Å². The highest BCUT2D eigenvalue weighted by Gasteiger charge is 2.18. The summed E-state index contributed by atoms with van der Waals surface area (Å²) in [5.41, 5.74) is 4.29. The summed E-state index contributed by atoms with van der Waals surface area (Å²) in [7, 11) is 0. The minimum Gasteiger partial charge on any atom is -0.443 e. The number of ether oxygens (including phenoxy) is 1. The molecule has 0 aromatic carbocycles. The molecule has 0 aliphatic heterocycles. The zero-order valence-electron chi connectivity index (χ0n) is 6.39. The van der Waals surface area contributed by atoms with E-state index >= 15 is 0 Å². The number of carbonyl (C=O) groups excluding carboxylic acids is 1. The van der Waals surface area contributed by atoms with Gasteiger partial charge in [0.15, 0.2) is 0 Å². The Balaban J connectivity index is 3.85. The van der Waals surface area contributed by atoms with Gasteiger partial charge >= 0.3 is 6.09 Å². The Morgan fingerprint density at radius 3 is 2.60 bits per heavy atom. The van der Waals surface area contributed by atoms with Crippen LogP contribution >= 0.6 is 0 Å². The van der Waals surface area contributed by atoms with Crippen LogP contribution in [0.5, 0.6) is 0 Å². The maximum absolute atomic E-state index is 10.3. The predicted octanol–water partition coefficient (Wildman–Crippen LogP) is 1.44. The summed E-state index contributed by atoms with van der Waals surface area (Å²) in [5, 5.41) is 0. The Bertz CT molecular complexity index is 141. The van der Waals surface area contributed by atoms with Gasteiger partial charge in [0.25, 0.3) is 0 Å². The summed E-state index contributed by atoms with van der Waals surface area (Å²) in [6.45, 7) is 7.08. The molecular formula is C7H13NO2. The summed E-state index contributed by atoms with van der Waals surface area (Å²) < 4.78 is 4.75. The van der Waals surface area contributed by atoms with Crippen molar-refractivity contribution in [2.75, 3.05) is 0 Å². The highest BCUT2D eigenvalue weighted by molar-refractivity contribution is 5.65. The van der Waals surface area contributed by atoms with Crippen LogP contribution in [0.2, 0.25) is 0 Å². The number of amides is 1. The number of nitrogens with two attached hydrogens (primary N) is 1. The quantitative estimate of drug-likeness (QED) is 0.608. The fourth-order valence-corrected chi connectivity index (χ4v) is 0.662. The van der Waals surface area contributed by atoms with Crippen LogP contribution in [0.25, 0.3) is 0 Å². The fraction of sp³-hybridized carbons (Fsp3) is 0.571. The van der Waals surface area contributed by atoms with Crippen LogP contribution in [0.4, 0.5) is 4.79 Å². The van der Waals surface area contributed by atoms with E-state index in [9.17, 15) is 4.79 Å². The van der Waals surface area contributed by atoms with Crippen LogP contribution in [0.3, 0.4) is 0 Å².